The van der Waals surface area contributed by atoms with Crippen molar-refractivity contribution in [1.29, 1.82) is 0 Å². The third-order valence-corrected chi connectivity index (χ3v) is 5.82. The largest absolute Gasteiger partial charge is 0.508 e. The minimum absolute atomic E-state index is 0.156. The van der Waals surface area contributed by atoms with Crippen LogP contribution in [0.5, 0.6) is 17.2 Å². The van der Waals surface area contributed by atoms with Gasteiger partial charge >= 0.3 is 0 Å². The van der Waals surface area contributed by atoms with E-state index < -0.39 is 0 Å². The van der Waals surface area contributed by atoms with E-state index >= 15 is 0 Å². The van der Waals surface area contributed by atoms with Crippen LogP contribution in [0, 0.1) is 0 Å². The number of hydrogen-bond acceptors (Lipinski definition) is 3. The number of phenols is 2. The van der Waals surface area contributed by atoms with E-state index in [0.717, 1.165) is 44.5 Å². The molecule has 0 atom stereocenters. The second-order valence-corrected chi connectivity index (χ2v) is 8.97. The van der Waals surface area contributed by atoms with Crippen molar-refractivity contribution in [3.63, 3.8) is 0 Å². The maximum Gasteiger partial charge on any atom is 0.127 e. The molecule has 4 nitrogen and oxygen atoms in total. The molecule has 31 heavy (non-hydrogen) atoms. The lowest BCUT2D eigenvalue weighted by atomic mass is 9.87. The molecule has 0 spiro atoms. The Morgan fingerprint density at radius 1 is 0.839 bits per heavy atom. The number of aromatic nitrogens is 1. The Balaban J connectivity index is 1.85. The van der Waals surface area contributed by atoms with Gasteiger partial charge in [0.25, 0.3) is 0 Å². The number of nitrogens with zero attached hydrogens (tertiary/aromatic N) is 1. The van der Waals surface area contributed by atoms with Gasteiger partial charge in [0, 0.05) is 39.9 Å². The van der Waals surface area contributed by atoms with Gasteiger partial charge in [0.15, 0.2) is 0 Å². The van der Waals surface area contributed by atoms with Crippen molar-refractivity contribution in [2.75, 3.05) is 6.61 Å². The molecular weight excluding hydrogens is 386 g/mol. The fraction of sp³-hybridized carbons (Fsp3) is 0.185. The Labute approximate surface area is 181 Å². The molecule has 4 aromatic rings. The Kier molecular flexibility index (Phi) is 4.33. The summed E-state index contributed by atoms with van der Waals surface area (Å²) in [5.41, 5.74) is 6.16. The fourth-order valence-corrected chi connectivity index (χ4v) is 4.36. The van der Waals surface area contributed by atoms with Crippen LogP contribution in [0.25, 0.3) is 22.0 Å². The second kappa shape index (κ2) is 6.95. The normalized spacial score (nSPS) is 13.9. The lowest BCUT2D eigenvalue weighted by molar-refractivity contribution is 0.364. The third-order valence-electron chi connectivity index (χ3n) is 5.82. The van der Waals surface area contributed by atoms with Crippen molar-refractivity contribution >= 4 is 22.0 Å². The summed E-state index contributed by atoms with van der Waals surface area (Å²) in [4.78, 5) is 0. The van der Waals surface area contributed by atoms with Crippen LogP contribution in [0.4, 0.5) is 0 Å². The van der Waals surface area contributed by atoms with Crippen molar-refractivity contribution in [2.24, 2.45) is 0 Å². The lowest BCUT2D eigenvalue weighted by Gasteiger charge is -2.25. The first-order chi connectivity index (χ1) is 14.8. The van der Waals surface area contributed by atoms with Gasteiger partial charge in [-0.1, -0.05) is 30.3 Å². The van der Waals surface area contributed by atoms with Crippen molar-refractivity contribution in [2.45, 2.75) is 26.3 Å². The van der Waals surface area contributed by atoms with Gasteiger partial charge in [-0.25, -0.2) is 0 Å². The van der Waals surface area contributed by atoms with Crippen molar-refractivity contribution < 1.29 is 14.9 Å². The molecule has 0 saturated heterocycles. The molecule has 0 bridgehead atoms. The highest BCUT2D eigenvalue weighted by Gasteiger charge is 2.27. The molecule has 3 aromatic carbocycles. The summed E-state index contributed by atoms with van der Waals surface area (Å²) < 4.78 is 8.38. The SMILES string of the molecule is CC(C)(C)n1cc(C2=C(c3ccc(O)cc3)c3ccccc3OC2)c2ccc(O)cc21. The maximum absolute atomic E-state index is 10.2. The number of para-hydroxylation sites is 1. The molecule has 0 unspecified atom stereocenters. The van der Waals surface area contributed by atoms with Gasteiger partial charge in [-0.05, 0) is 62.2 Å². The second-order valence-electron chi connectivity index (χ2n) is 8.97. The van der Waals surface area contributed by atoms with Crippen LogP contribution in [-0.2, 0) is 5.54 Å². The molecule has 0 amide bonds. The van der Waals surface area contributed by atoms with Crippen LogP contribution in [0.1, 0.15) is 37.5 Å². The summed E-state index contributed by atoms with van der Waals surface area (Å²) >= 11 is 0. The van der Waals surface area contributed by atoms with Gasteiger partial charge in [0.1, 0.15) is 23.9 Å². The molecule has 1 aliphatic heterocycles. The van der Waals surface area contributed by atoms with Gasteiger partial charge in [0.05, 0.1) is 5.52 Å². The zero-order valence-electron chi connectivity index (χ0n) is 17.9. The molecule has 0 aliphatic carbocycles. The van der Waals surface area contributed by atoms with Crippen LogP contribution < -0.4 is 4.74 Å². The molecule has 4 heteroatoms. The first-order valence-corrected chi connectivity index (χ1v) is 10.4. The fourth-order valence-electron chi connectivity index (χ4n) is 4.36. The molecule has 0 fully saturated rings. The molecule has 2 N–H and O–H groups in total. The summed E-state index contributed by atoms with van der Waals surface area (Å²) in [5.74, 6) is 1.35. The quantitative estimate of drug-likeness (QED) is 0.415. The van der Waals surface area contributed by atoms with Gasteiger partial charge in [-0.2, -0.15) is 0 Å². The number of rotatable bonds is 2. The first kappa shape index (κ1) is 19.3. The van der Waals surface area contributed by atoms with Gasteiger partial charge in [-0.15, -0.1) is 0 Å². The van der Waals surface area contributed by atoms with Gasteiger partial charge in [-0.3, -0.25) is 0 Å². The van der Waals surface area contributed by atoms with Crippen LogP contribution in [0.15, 0.2) is 72.9 Å². The van der Waals surface area contributed by atoms with Crippen LogP contribution >= 0.6 is 0 Å². The van der Waals surface area contributed by atoms with Crippen molar-refractivity contribution in [3.8, 4) is 17.2 Å². The van der Waals surface area contributed by atoms with Gasteiger partial charge in [0.2, 0.25) is 0 Å². The Bertz CT molecular complexity index is 1320. The number of fused-ring (bicyclic) bond motifs is 2. The first-order valence-electron chi connectivity index (χ1n) is 10.4. The molecule has 0 radical (unpaired) electrons. The summed E-state index contributed by atoms with van der Waals surface area (Å²) in [7, 11) is 0. The number of aromatic hydroxyl groups is 2. The van der Waals surface area contributed by atoms with E-state index in [0.29, 0.717) is 6.61 Å². The molecule has 2 heterocycles. The molecule has 156 valence electrons. The smallest absolute Gasteiger partial charge is 0.127 e. The van der Waals surface area contributed by atoms with E-state index in [1.165, 1.54) is 0 Å². The minimum atomic E-state index is -0.156. The summed E-state index contributed by atoms with van der Waals surface area (Å²) in [6.45, 7) is 6.91. The number of hydrogen-bond donors (Lipinski definition) is 2. The summed E-state index contributed by atoms with van der Waals surface area (Å²) in [6, 6.07) is 20.9. The Hall–Kier alpha value is -3.66. The molecule has 1 aliphatic rings. The Morgan fingerprint density at radius 2 is 1.55 bits per heavy atom. The zero-order chi connectivity index (χ0) is 21.8. The van der Waals surface area contributed by atoms with Crippen LogP contribution in [0.3, 0.4) is 0 Å². The standard InChI is InChI=1S/C27H25NO3/c1-27(2,3)28-15-22(20-13-12-19(30)14-24(20)28)23-16-31-25-7-5-4-6-21(25)26(23)17-8-10-18(29)11-9-17/h4-15,29-30H,16H2,1-3H3. The van der Waals surface area contributed by atoms with E-state index in [4.69, 9.17) is 4.74 Å². The van der Waals surface area contributed by atoms with Crippen LogP contribution in [-0.4, -0.2) is 21.4 Å². The predicted molar refractivity (Wildman–Crippen MR) is 125 cm³/mol. The van der Waals surface area contributed by atoms with E-state index in [1.807, 2.05) is 42.5 Å². The van der Waals surface area contributed by atoms with Crippen LogP contribution in [0.2, 0.25) is 0 Å². The van der Waals surface area contributed by atoms with Crippen molar-refractivity contribution in [3.05, 3.63) is 89.6 Å². The highest BCUT2D eigenvalue weighted by atomic mass is 16.5. The average Bonchev–Trinajstić information content (AvgIpc) is 3.12. The molecule has 0 saturated carbocycles. The Morgan fingerprint density at radius 3 is 2.29 bits per heavy atom. The van der Waals surface area contributed by atoms with Gasteiger partial charge < -0.3 is 19.5 Å². The number of phenolic OH excluding ortho intramolecular Hbond substituents is 2. The van der Waals surface area contributed by atoms with E-state index in [9.17, 15) is 10.2 Å². The zero-order valence-corrected chi connectivity index (χ0v) is 17.9. The highest BCUT2D eigenvalue weighted by molar-refractivity contribution is 6.07. The van der Waals surface area contributed by atoms with Crippen molar-refractivity contribution in [1.82, 2.24) is 4.57 Å². The van der Waals surface area contributed by atoms with E-state index in [1.54, 1.807) is 18.2 Å². The van der Waals surface area contributed by atoms with E-state index in [2.05, 4.69) is 37.6 Å². The monoisotopic (exact) mass is 411 g/mol. The average molecular weight is 412 g/mol. The molecule has 5 rings (SSSR count). The minimum Gasteiger partial charge on any atom is -0.508 e. The predicted octanol–water partition coefficient (Wildman–Crippen LogP) is 6.16. The summed E-state index contributed by atoms with van der Waals surface area (Å²) in [5, 5.41) is 21.0. The van der Waals surface area contributed by atoms with E-state index in [-0.39, 0.29) is 17.0 Å². The lowest BCUT2D eigenvalue weighted by Crippen LogP contribution is -2.20. The maximum atomic E-state index is 10.2. The summed E-state index contributed by atoms with van der Waals surface area (Å²) in [6.07, 6.45) is 2.16. The number of benzene rings is 3. The third kappa shape index (κ3) is 3.25. The highest BCUT2D eigenvalue weighted by Crippen LogP contribution is 2.44. The molecular formula is C27H25NO3. The topological polar surface area (TPSA) is 54.6 Å². The molecule has 1 aromatic heterocycles. The number of ether oxygens (including phenoxy) is 1.